The summed E-state index contributed by atoms with van der Waals surface area (Å²) >= 11 is 9.19. The third kappa shape index (κ3) is 2.86. The summed E-state index contributed by atoms with van der Waals surface area (Å²) in [6.45, 7) is 4.30. The van der Waals surface area contributed by atoms with E-state index < -0.39 is 0 Å². The van der Waals surface area contributed by atoms with E-state index in [0.717, 1.165) is 19.3 Å². The predicted octanol–water partition coefficient (Wildman–Crippen LogP) is 4.26. The fraction of sp³-hybridized carbons (Fsp3) is 0.538. The number of hydrogen-bond donors (Lipinski definition) is 1. The third-order valence-corrected chi connectivity index (χ3v) is 4.48. The van der Waals surface area contributed by atoms with Crippen molar-refractivity contribution in [1.29, 1.82) is 0 Å². The first kappa shape index (κ1) is 13.8. The van der Waals surface area contributed by atoms with E-state index in [2.05, 4.69) is 40.1 Å². The molecular weight excluding hydrogens is 316 g/mol. The van der Waals surface area contributed by atoms with E-state index in [1.807, 2.05) is 0 Å². The number of amides is 1. The van der Waals surface area contributed by atoms with Gasteiger partial charge >= 0.3 is 0 Å². The Morgan fingerprint density at radius 3 is 2.94 bits per heavy atom. The van der Waals surface area contributed by atoms with Gasteiger partial charge in [0.1, 0.15) is 4.60 Å². The summed E-state index contributed by atoms with van der Waals surface area (Å²) in [4.78, 5) is 16.4. The normalized spacial score (nSPS) is 21.9. The van der Waals surface area contributed by atoms with Crippen LogP contribution in [-0.2, 0) is 4.79 Å². The monoisotopic (exact) mass is 330 g/mol. The van der Waals surface area contributed by atoms with Gasteiger partial charge in [-0.2, -0.15) is 0 Å². The maximum Gasteiger partial charge on any atom is 0.228 e. The largest absolute Gasteiger partial charge is 0.323 e. The zero-order valence-corrected chi connectivity index (χ0v) is 12.8. The Balaban J connectivity index is 2.14. The fourth-order valence-electron chi connectivity index (χ4n) is 2.54. The van der Waals surface area contributed by atoms with Gasteiger partial charge in [0.05, 0.1) is 10.7 Å². The number of anilines is 1. The van der Waals surface area contributed by atoms with Gasteiger partial charge in [0.2, 0.25) is 5.91 Å². The number of hydrogen-bond acceptors (Lipinski definition) is 2. The van der Waals surface area contributed by atoms with E-state index in [1.54, 1.807) is 12.3 Å². The first-order valence-electron chi connectivity index (χ1n) is 6.02. The summed E-state index contributed by atoms with van der Waals surface area (Å²) in [5.74, 6) is 0.116. The predicted molar refractivity (Wildman–Crippen MR) is 76.7 cm³/mol. The zero-order chi connectivity index (χ0) is 13.3. The Labute approximate surface area is 120 Å². The van der Waals surface area contributed by atoms with Crippen LogP contribution in [0.5, 0.6) is 0 Å². The molecule has 2 rings (SSSR count). The van der Waals surface area contributed by atoms with Gasteiger partial charge in [-0.25, -0.2) is 4.98 Å². The van der Waals surface area contributed by atoms with E-state index in [9.17, 15) is 4.79 Å². The van der Waals surface area contributed by atoms with Crippen LogP contribution in [0.15, 0.2) is 16.9 Å². The lowest BCUT2D eigenvalue weighted by Crippen LogP contribution is -2.30. The van der Waals surface area contributed by atoms with Crippen LogP contribution < -0.4 is 5.32 Å². The highest BCUT2D eigenvalue weighted by Gasteiger charge is 2.39. The van der Waals surface area contributed by atoms with Crippen LogP contribution in [0.3, 0.4) is 0 Å². The van der Waals surface area contributed by atoms with Crippen molar-refractivity contribution < 1.29 is 4.79 Å². The van der Waals surface area contributed by atoms with Gasteiger partial charge in [0.25, 0.3) is 0 Å². The minimum atomic E-state index is 0.0577. The van der Waals surface area contributed by atoms with E-state index in [4.69, 9.17) is 11.6 Å². The van der Waals surface area contributed by atoms with Crippen molar-refractivity contribution >= 4 is 39.1 Å². The minimum absolute atomic E-state index is 0.0577. The number of carbonyl (C=O) groups is 1. The fourth-order valence-corrected chi connectivity index (χ4v) is 3.02. The maximum absolute atomic E-state index is 12.3. The molecule has 5 heteroatoms. The summed E-state index contributed by atoms with van der Waals surface area (Å²) in [6.07, 6.45) is 4.70. The van der Waals surface area contributed by atoms with Crippen LogP contribution in [0.4, 0.5) is 5.69 Å². The number of rotatable bonds is 2. The molecular formula is C13H16BrClN2O. The second kappa shape index (κ2) is 5.17. The van der Waals surface area contributed by atoms with Crippen molar-refractivity contribution in [2.75, 3.05) is 5.32 Å². The molecule has 1 aliphatic rings. The summed E-state index contributed by atoms with van der Waals surface area (Å²) in [6, 6.07) is 1.71. The summed E-state index contributed by atoms with van der Waals surface area (Å²) < 4.78 is 0.607. The van der Waals surface area contributed by atoms with Crippen LogP contribution in [0.2, 0.25) is 5.02 Å². The topological polar surface area (TPSA) is 42.0 Å². The first-order valence-corrected chi connectivity index (χ1v) is 7.19. The smallest absolute Gasteiger partial charge is 0.228 e. The van der Waals surface area contributed by atoms with Crippen LogP contribution in [0, 0.1) is 11.3 Å². The number of aromatic nitrogens is 1. The molecule has 1 saturated carbocycles. The van der Waals surface area contributed by atoms with Crippen LogP contribution in [0.25, 0.3) is 0 Å². The third-order valence-electron chi connectivity index (χ3n) is 3.64. The molecule has 1 unspecified atom stereocenters. The molecule has 0 saturated heterocycles. The lowest BCUT2D eigenvalue weighted by Gasteiger charge is -2.26. The molecule has 1 atom stereocenters. The number of carbonyl (C=O) groups excluding carboxylic acids is 1. The standard InChI is InChI=1S/C13H16BrClN2O/c1-13(2)5-3-4-9(13)12(18)17-10-6-8(15)7-16-11(10)14/h6-7,9H,3-5H2,1-2H3,(H,17,18). The van der Waals surface area contributed by atoms with Crippen LogP contribution in [0.1, 0.15) is 33.1 Å². The van der Waals surface area contributed by atoms with Gasteiger partial charge < -0.3 is 5.32 Å². The van der Waals surface area contributed by atoms with Crippen LogP contribution in [-0.4, -0.2) is 10.9 Å². The molecule has 1 N–H and O–H groups in total. The Morgan fingerprint density at radius 1 is 1.61 bits per heavy atom. The second-order valence-electron chi connectivity index (χ2n) is 5.41. The molecule has 1 fully saturated rings. The molecule has 1 amide bonds. The van der Waals surface area contributed by atoms with Crippen molar-refractivity contribution in [3.63, 3.8) is 0 Å². The summed E-state index contributed by atoms with van der Waals surface area (Å²) in [5, 5.41) is 3.43. The van der Waals surface area contributed by atoms with Gasteiger partial charge in [-0.05, 0) is 40.3 Å². The highest BCUT2D eigenvalue weighted by Crippen LogP contribution is 2.43. The molecule has 1 aliphatic carbocycles. The van der Waals surface area contributed by atoms with Crippen molar-refractivity contribution in [1.82, 2.24) is 4.98 Å². The second-order valence-corrected chi connectivity index (χ2v) is 6.60. The van der Waals surface area contributed by atoms with Gasteiger partial charge in [-0.1, -0.05) is 31.9 Å². The van der Waals surface area contributed by atoms with Gasteiger partial charge in [-0.3, -0.25) is 4.79 Å². The van der Waals surface area contributed by atoms with Crippen molar-refractivity contribution in [3.05, 3.63) is 21.9 Å². The molecule has 0 radical (unpaired) electrons. The van der Waals surface area contributed by atoms with E-state index in [0.29, 0.717) is 15.3 Å². The molecule has 0 aliphatic heterocycles. The van der Waals surface area contributed by atoms with E-state index >= 15 is 0 Å². The lowest BCUT2D eigenvalue weighted by molar-refractivity contribution is -0.122. The van der Waals surface area contributed by atoms with Crippen molar-refractivity contribution in [3.8, 4) is 0 Å². The lowest BCUT2D eigenvalue weighted by atomic mass is 9.81. The summed E-state index contributed by atoms with van der Waals surface area (Å²) in [5.41, 5.74) is 0.706. The highest BCUT2D eigenvalue weighted by molar-refractivity contribution is 9.10. The average molecular weight is 332 g/mol. The van der Waals surface area contributed by atoms with Crippen molar-refractivity contribution in [2.24, 2.45) is 11.3 Å². The number of pyridine rings is 1. The molecule has 0 bridgehead atoms. The minimum Gasteiger partial charge on any atom is -0.323 e. The molecule has 0 aromatic carbocycles. The van der Waals surface area contributed by atoms with Crippen LogP contribution >= 0.6 is 27.5 Å². The van der Waals surface area contributed by atoms with Gasteiger partial charge in [0.15, 0.2) is 0 Å². The number of nitrogens with zero attached hydrogens (tertiary/aromatic N) is 1. The summed E-state index contributed by atoms with van der Waals surface area (Å²) in [7, 11) is 0. The maximum atomic E-state index is 12.3. The Morgan fingerprint density at radius 2 is 2.33 bits per heavy atom. The Kier molecular flexibility index (Phi) is 3.97. The molecule has 1 aromatic heterocycles. The molecule has 3 nitrogen and oxygen atoms in total. The quantitative estimate of drug-likeness (QED) is 0.823. The molecule has 1 heterocycles. The first-order chi connectivity index (χ1) is 8.40. The molecule has 18 heavy (non-hydrogen) atoms. The number of halogens is 2. The highest BCUT2D eigenvalue weighted by atomic mass is 79.9. The van der Waals surface area contributed by atoms with Crippen molar-refractivity contribution in [2.45, 2.75) is 33.1 Å². The number of nitrogens with one attached hydrogen (secondary N) is 1. The van der Waals surface area contributed by atoms with Gasteiger partial charge in [-0.15, -0.1) is 0 Å². The zero-order valence-electron chi connectivity index (χ0n) is 10.5. The van der Waals surface area contributed by atoms with Gasteiger partial charge in [0, 0.05) is 12.1 Å². The van der Waals surface area contributed by atoms with E-state index in [1.165, 1.54) is 0 Å². The molecule has 98 valence electrons. The van der Waals surface area contributed by atoms with E-state index in [-0.39, 0.29) is 17.2 Å². The Hall–Kier alpha value is -0.610. The average Bonchev–Trinajstić information content (AvgIpc) is 2.63. The molecule has 0 spiro atoms. The molecule has 1 aromatic rings. The SMILES string of the molecule is CC1(C)CCCC1C(=O)Nc1cc(Cl)cnc1Br. The Bertz CT molecular complexity index is 476.